The van der Waals surface area contributed by atoms with E-state index in [1.807, 2.05) is 13.0 Å². The average Bonchev–Trinajstić information content (AvgIpc) is 3.17. The Morgan fingerprint density at radius 3 is 2.50 bits per heavy atom. The van der Waals surface area contributed by atoms with Gasteiger partial charge in [-0.05, 0) is 49.6 Å². The van der Waals surface area contributed by atoms with Crippen molar-refractivity contribution in [1.82, 2.24) is 5.16 Å². The average molecular weight is 435 g/mol. The van der Waals surface area contributed by atoms with Crippen molar-refractivity contribution in [3.05, 3.63) is 57.9 Å². The third-order valence-electron chi connectivity index (χ3n) is 4.80. The van der Waals surface area contributed by atoms with Crippen LogP contribution in [-0.4, -0.2) is 17.4 Å². The largest absolute Gasteiger partial charge is 0.586 e. The maximum absolute atomic E-state index is 13.3. The number of hydrogen-bond donors (Lipinski definition) is 1. The van der Waals surface area contributed by atoms with Gasteiger partial charge in [0, 0.05) is 17.3 Å². The molecule has 3 aromatic rings. The molecule has 6 nitrogen and oxygen atoms in total. The maximum Gasteiger partial charge on any atom is 0.586 e. The van der Waals surface area contributed by atoms with Crippen LogP contribution in [0.25, 0.3) is 11.1 Å². The molecule has 156 valence electrons. The van der Waals surface area contributed by atoms with Crippen molar-refractivity contribution < 1.29 is 27.6 Å². The van der Waals surface area contributed by atoms with Crippen molar-refractivity contribution in [2.45, 2.75) is 33.5 Å². The number of hydrogen-bond acceptors (Lipinski definition) is 5. The Labute approximate surface area is 175 Å². The number of aromatic nitrogens is 1. The summed E-state index contributed by atoms with van der Waals surface area (Å²) in [5.74, 6) is -0.0956. The predicted octanol–water partition coefficient (Wildman–Crippen LogP) is 5.75. The van der Waals surface area contributed by atoms with Crippen molar-refractivity contribution in [2.24, 2.45) is 0 Å². The lowest BCUT2D eigenvalue weighted by molar-refractivity contribution is -0.286. The fourth-order valence-electron chi connectivity index (χ4n) is 3.36. The predicted molar refractivity (Wildman–Crippen MR) is 106 cm³/mol. The number of alkyl halides is 2. The molecular weight excluding hydrogens is 418 g/mol. The van der Waals surface area contributed by atoms with Gasteiger partial charge < -0.3 is 19.3 Å². The Bertz CT molecular complexity index is 1140. The molecule has 1 aromatic heterocycles. The number of carbonyl (C=O) groups excluding carboxylic acids is 1. The minimum atomic E-state index is -3.72. The van der Waals surface area contributed by atoms with E-state index in [4.69, 9.17) is 16.1 Å². The molecule has 0 saturated carbocycles. The number of carbonyl (C=O) groups is 1. The monoisotopic (exact) mass is 434 g/mol. The molecule has 0 unspecified atom stereocenters. The quantitative estimate of drug-likeness (QED) is 0.566. The molecule has 0 radical (unpaired) electrons. The number of ether oxygens (including phenoxy) is 2. The van der Waals surface area contributed by atoms with E-state index in [2.05, 4.69) is 19.9 Å². The molecule has 0 saturated heterocycles. The van der Waals surface area contributed by atoms with Crippen LogP contribution in [0.1, 0.15) is 34.3 Å². The highest BCUT2D eigenvalue weighted by molar-refractivity contribution is 6.33. The van der Waals surface area contributed by atoms with Crippen LogP contribution in [0, 0.1) is 13.8 Å². The zero-order valence-corrected chi connectivity index (χ0v) is 17.1. The molecule has 0 bridgehead atoms. The molecule has 1 amide bonds. The van der Waals surface area contributed by atoms with Gasteiger partial charge in [-0.1, -0.05) is 29.7 Å². The molecule has 0 atom stereocenters. The minimum Gasteiger partial charge on any atom is -0.395 e. The van der Waals surface area contributed by atoms with Crippen LogP contribution in [0.4, 0.5) is 14.5 Å². The van der Waals surface area contributed by atoms with E-state index in [9.17, 15) is 13.6 Å². The van der Waals surface area contributed by atoms with Crippen LogP contribution in [0.5, 0.6) is 11.5 Å². The number of fused-ring (bicyclic) bond motifs is 1. The van der Waals surface area contributed by atoms with Gasteiger partial charge in [-0.15, -0.1) is 8.78 Å². The lowest BCUT2D eigenvalue weighted by Crippen LogP contribution is -2.25. The summed E-state index contributed by atoms with van der Waals surface area (Å²) in [6.45, 7) is 5.30. The lowest BCUT2D eigenvalue weighted by Gasteiger charge is -2.13. The molecule has 2 heterocycles. The summed E-state index contributed by atoms with van der Waals surface area (Å²) in [4.78, 5) is 12.6. The normalized spacial score (nSPS) is 14.1. The summed E-state index contributed by atoms with van der Waals surface area (Å²) in [7, 11) is 0. The van der Waals surface area contributed by atoms with Crippen LogP contribution < -0.4 is 14.8 Å². The van der Waals surface area contributed by atoms with Gasteiger partial charge in [0.1, 0.15) is 11.3 Å². The molecule has 9 heteroatoms. The Kier molecular flexibility index (Phi) is 4.89. The minimum absolute atomic E-state index is 0.0896. The number of nitrogens with one attached hydrogen (secondary N) is 1. The van der Waals surface area contributed by atoms with Crippen LogP contribution in [0.2, 0.25) is 5.02 Å². The van der Waals surface area contributed by atoms with Crippen LogP contribution >= 0.6 is 11.6 Å². The van der Waals surface area contributed by atoms with Crippen LogP contribution in [-0.2, 0) is 6.42 Å². The molecule has 0 aliphatic carbocycles. The van der Waals surface area contributed by atoms with Crippen molar-refractivity contribution in [3.8, 4) is 22.6 Å². The summed E-state index contributed by atoms with van der Waals surface area (Å²) < 4.78 is 40.7. The Morgan fingerprint density at radius 1 is 1.17 bits per heavy atom. The smallest absolute Gasteiger partial charge is 0.395 e. The molecule has 30 heavy (non-hydrogen) atoms. The lowest BCUT2D eigenvalue weighted by atomic mass is 9.99. The highest BCUT2D eigenvalue weighted by Crippen LogP contribution is 2.46. The molecule has 0 fully saturated rings. The van der Waals surface area contributed by atoms with E-state index in [1.54, 1.807) is 26.0 Å². The van der Waals surface area contributed by atoms with Gasteiger partial charge in [-0.25, -0.2) is 0 Å². The van der Waals surface area contributed by atoms with Gasteiger partial charge in [0.25, 0.3) is 5.91 Å². The number of amides is 1. The number of aryl methyl sites for hydroxylation is 3. The van der Waals surface area contributed by atoms with Gasteiger partial charge in [-0.3, -0.25) is 4.79 Å². The van der Waals surface area contributed by atoms with Crippen molar-refractivity contribution in [3.63, 3.8) is 0 Å². The van der Waals surface area contributed by atoms with Crippen molar-refractivity contribution in [1.29, 1.82) is 0 Å². The Morgan fingerprint density at radius 2 is 1.87 bits per heavy atom. The first kappa shape index (κ1) is 20.2. The number of anilines is 1. The zero-order chi connectivity index (χ0) is 21.6. The summed E-state index contributed by atoms with van der Waals surface area (Å²) in [6.07, 6.45) is -3.10. The summed E-state index contributed by atoms with van der Waals surface area (Å²) >= 11 is 6.29. The van der Waals surface area contributed by atoms with Gasteiger partial charge >= 0.3 is 6.29 Å². The van der Waals surface area contributed by atoms with Crippen molar-refractivity contribution in [2.75, 3.05) is 5.32 Å². The molecule has 1 aliphatic rings. The van der Waals surface area contributed by atoms with Crippen molar-refractivity contribution >= 4 is 23.2 Å². The number of nitrogens with zero attached hydrogens (tertiary/aromatic N) is 1. The summed E-state index contributed by atoms with van der Waals surface area (Å²) in [5.41, 5.74) is 3.55. The van der Waals surface area contributed by atoms with E-state index < -0.39 is 6.29 Å². The molecule has 1 aliphatic heterocycles. The molecule has 0 spiro atoms. The first-order chi connectivity index (χ1) is 14.2. The second-order valence-corrected chi connectivity index (χ2v) is 7.23. The van der Waals surface area contributed by atoms with E-state index in [0.717, 1.165) is 5.56 Å². The standard InChI is InChI=1S/C21H17ClF2N2O4/c1-4-12-7-13(14-8-17-18(9-15(14)22)29-21(23,24)28-17)5-6-16(12)25-20(27)19-10(2)26-30-11(19)3/h5-9H,4H2,1-3H3,(H,25,27). The highest BCUT2D eigenvalue weighted by Gasteiger charge is 2.43. The highest BCUT2D eigenvalue weighted by atomic mass is 35.5. The first-order valence-corrected chi connectivity index (χ1v) is 9.53. The number of halogens is 3. The van der Waals surface area contributed by atoms with E-state index in [0.29, 0.717) is 40.3 Å². The summed E-state index contributed by atoms with van der Waals surface area (Å²) in [6, 6.07) is 8.02. The first-order valence-electron chi connectivity index (χ1n) is 9.15. The fraction of sp³-hybridized carbons (Fsp3) is 0.238. The fourth-order valence-corrected chi connectivity index (χ4v) is 3.62. The molecule has 1 N–H and O–H groups in total. The van der Waals surface area contributed by atoms with Gasteiger partial charge in [0.2, 0.25) is 0 Å². The number of rotatable bonds is 4. The van der Waals surface area contributed by atoms with Crippen LogP contribution in [0.3, 0.4) is 0 Å². The van der Waals surface area contributed by atoms with E-state index >= 15 is 0 Å². The summed E-state index contributed by atoms with van der Waals surface area (Å²) in [5, 5.41) is 6.91. The zero-order valence-electron chi connectivity index (χ0n) is 16.3. The third kappa shape index (κ3) is 3.59. The second kappa shape index (κ2) is 7.28. The maximum atomic E-state index is 13.3. The van der Waals surface area contributed by atoms with Gasteiger partial charge in [-0.2, -0.15) is 0 Å². The molecule has 4 rings (SSSR count). The van der Waals surface area contributed by atoms with E-state index in [-0.39, 0.29) is 22.4 Å². The third-order valence-corrected chi connectivity index (χ3v) is 5.11. The van der Waals surface area contributed by atoms with E-state index in [1.165, 1.54) is 12.1 Å². The van der Waals surface area contributed by atoms with Gasteiger partial charge in [0.05, 0.1) is 10.7 Å². The second-order valence-electron chi connectivity index (χ2n) is 6.83. The number of benzene rings is 2. The molecular formula is C21H17ClF2N2O4. The SMILES string of the molecule is CCc1cc(-c2cc3c(cc2Cl)OC(F)(F)O3)ccc1NC(=O)c1c(C)noc1C. The Hall–Kier alpha value is -3.13. The van der Waals surface area contributed by atoms with Gasteiger partial charge in [0.15, 0.2) is 11.5 Å². The Balaban J connectivity index is 1.66. The topological polar surface area (TPSA) is 73.6 Å². The molecule has 2 aromatic carbocycles. The van der Waals surface area contributed by atoms with Crippen LogP contribution in [0.15, 0.2) is 34.9 Å².